The smallest absolute Gasteiger partial charge is 0.240 e. The predicted molar refractivity (Wildman–Crippen MR) is 85.1 cm³/mol. The summed E-state index contributed by atoms with van der Waals surface area (Å²) < 4.78 is 10.5. The van der Waals surface area contributed by atoms with E-state index in [1.807, 2.05) is 13.0 Å². The number of hydrogen-bond donors (Lipinski definition) is 1. The highest BCUT2D eigenvalue weighted by molar-refractivity contribution is 8.00. The van der Waals surface area contributed by atoms with E-state index >= 15 is 0 Å². The van der Waals surface area contributed by atoms with Crippen LogP contribution in [0.4, 0.5) is 0 Å². The molecule has 1 N–H and O–H groups in total. The molecule has 22 heavy (non-hydrogen) atoms. The van der Waals surface area contributed by atoms with E-state index in [4.69, 9.17) is 9.47 Å². The highest BCUT2D eigenvalue weighted by Gasteiger charge is 2.24. The Morgan fingerprint density at radius 2 is 2.18 bits per heavy atom. The second-order valence-corrected chi connectivity index (χ2v) is 5.92. The Labute approximate surface area is 134 Å². The Bertz CT molecular complexity index is 564. The maximum Gasteiger partial charge on any atom is 0.240 e. The molecular weight excluding hydrogens is 304 g/mol. The van der Waals surface area contributed by atoms with E-state index in [-0.39, 0.29) is 24.4 Å². The third-order valence-electron chi connectivity index (χ3n) is 3.44. The third-order valence-corrected chi connectivity index (χ3v) is 4.39. The Hall–Kier alpha value is -1.89. The Kier molecular flexibility index (Phi) is 5.54. The van der Waals surface area contributed by atoms with Crippen molar-refractivity contribution in [3.05, 3.63) is 23.8 Å². The van der Waals surface area contributed by atoms with Crippen molar-refractivity contribution in [3.63, 3.8) is 0 Å². The summed E-state index contributed by atoms with van der Waals surface area (Å²) in [7, 11) is 3.17. The van der Waals surface area contributed by atoms with Crippen molar-refractivity contribution < 1.29 is 19.1 Å². The van der Waals surface area contributed by atoms with Gasteiger partial charge in [0.1, 0.15) is 18.0 Å². The van der Waals surface area contributed by atoms with E-state index < -0.39 is 0 Å². The molecule has 0 aliphatic carbocycles. The molecule has 1 saturated heterocycles. The van der Waals surface area contributed by atoms with Gasteiger partial charge in [0.2, 0.25) is 11.8 Å². The van der Waals surface area contributed by atoms with E-state index in [1.54, 1.807) is 31.3 Å². The number of ether oxygens (including phenoxy) is 2. The molecule has 120 valence electrons. The molecule has 0 saturated carbocycles. The molecule has 7 heteroatoms. The molecule has 1 aliphatic rings. The van der Waals surface area contributed by atoms with Gasteiger partial charge in [-0.25, -0.2) is 0 Å². The SMILES string of the molecule is COc1ccc(OC)c([C@@H](C)NC(=O)CN2CSCC2=O)c1. The summed E-state index contributed by atoms with van der Waals surface area (Å²) in [6.45, 7) is 1.96. The lowest BCUT2D eigenvalue weighted by Gasteiger charge is -2.20. The highest BCUT2D eigenvalue weighted by atomic mass is 32.2. The molecule has 0 spiro atoms. The number of rotatable bonds is 6. The molecule has 1 fully saturated rings. The van der Waals surface area contributed by atoms with Crippen LogP contribution in [0.25, 0.3) is 0 Å². The second kappa shape index (κ2) is 7.40. The van der Waals surface area contributed by atoms with Crippen LogP contribution >= 0.6 is 11.8 Å². The summed E-state index contributed by atoms with van der Waals surface area (Å²) in [5.41, 5.74) is 0.831. The number of amides is 2. The minimum Gasteiger partial charge on any atom is -0.497 e. The topological polar surface area (TPSA) is 67.9 Å². The van der Waals surface area contributed by atoms with Gasteiger partial charge < -0.3 is 19.7 Å². The summed E-state index contributed by atoms with van der Waals surface area (Å²) in [4.78, 5) is 25.2. The van der Waals surface area contributed by atoms with Crippen LogP contribution in [0, 0.1) is 0 Å². The van der Waals surface area contributed by atoms with Gasteiger partial charge in [-0.2, -0.15) is 0 Å². The third kappa shape index (κ3) is 3.85. The Morgan fingerprint density at radius 3 is 2.77 bits per heavy atom. The first-order valence-corrected chi connectivity index (χ1v) is 8.07. The van der Waals surface area contributed by atoms with Crippen LogP contribution in [-0.4, -0.2) is 49.1 Å². The van der Waals surface area contributed by atoms with Gasteiger partial charge in [-0.05, 0) is 25.1 Å². The number of nitrogens with one attached hydrogen (secondary N) is 1. The van der Waals surface area contributed by atoms with E-state index in [2.05, 4.69) is 5.32 Å². The summed E-state index contributed by atoms with van der Waals surface area (Å²) >= 11 is 1.52. The molecule has 6 nitrogen and oxygen atoms in total. The largest absolute Gasteiger partial charge is 0.497 e. The number of thioether (sulfide) groups is 1. The second-order valence-electron chi connectivity index (χ2n) is 4.97. The average molecular weight is 324 g/mol. The summed E-state index contributed by atoms with van der Waals surface area (Å²) in [5, 5.41) is 2.89. The molecule has 1 atom stereocenters. The van der Waals surface area contributed by atoms with E-state index in [0.717, 1.165) is 5.56 Å². The van der Waals surface area contributed by atoms with Crippen molar-refractivity contribution in [2.24, 2.45) is 0 Å². The molecule has 0 aromatic heterocycles. The van der Waals surface area contributed by atoms with Crippen molar-refractivity contribution in [1.82, 2.24) is 10.2 Å². The van der Waals surface area contributed by atoms with Gasteiger partial charge in [-0.15, -0.1) is 11.8 Å². The fraction of sp³-hybridized carbons (Fsp3) is 0.467. The van der Waals surface area contributed by atoms with Crippen LogP contribution in [0.15, 0.2) is 18.2 Å². The van der Waals surface area contributed by atoms with Crippen LogP contribution in [0.3, 0.4) is 0 Å². The minimum atomic E-state index is -0.247. The number of benzene rings is 1. The van der Waals surface area contributed by atoms with Gasteiger partial charge in [0.15, 0.2) is 0 Å². The fourth-order valence-electron chi connectivity index (χ4n) is 2.26. The number of nitrogens with zero attached hydrogens (tertiary/aromatic N) is 1. The standard InChI is InChI=1S/C15H20N2O4S/c1-10(12-6-11(20-2)4-5-13(12)21-3)16-14(18)7-17-9-22-8-15(17)19/h4-6,10H,7-9H2,1-3H3,(H,16,18)/t10-/m1/s1. The van der Waals surface area contributed by atoms with Gasteiger partial charge in [0.05, 0.1) is 31.9 Å². The minimum absolute atomic E-state index is 0.00626. The van der Waals surface area contributed by atoms with Crippen molar-refractivity contribution in [2.75, 3.05) is 32.4 Å². The zero-order valence-electron chi connectivity index (χ0n) is 12.9. The normalized spacial score (nSPS) is 15.6. The zero-order chi connectivity index (χ0) is 16.1. The van der Waals surface area contributed by atoms with Gasteiger partial charge in [0.25, 0.3) is 0 Å². The summed E-state index contributed by atoms with van der Waals surface area (Å²) in [6, 6.07) is 5.19. The van der Waals surface area contributed by atoms with Crippen molar-refractivity contribution in [2.45, 2.75) is 13.0 Å². The average Bonchev–Trinajstić information content (AvgIpc) is 2.91. The van der Waals surface area contributed by atoms with Crippen molar-refractivity contribution >= 4 is 23.6 Å². The molecule has 1 aliphatic heterocycles. The molecule has 2 rings (SSSR count). The van der Waals surface area contributed by atoms with Crippen molar-refractivity contribution in [1.29, 1.82) is 0 Å². The molecule has 0 radical (unpaired) electrons. The lowest BCUT2D eigenvalue weighted by atomic mass is 10.1. The Balaban J connectivity index is 2.03. The first-order valence-electron chi connectivity index (χ1n) is 6.92. The molecular formula is C15H20N2O4S. The molecule has 1 aromatic carbocycles. The molecule has 1 heterocycles. The summed E-state index contributed by atoms with van der Waals surface area (Å²) in [6.07, 6.45) is 0. The molecule has 0 bridgehead atoms. The zero-order valence-corrected chi connectivity index (χ0v) is 13.7. The first-order chi connectivity index (χ1) is 10.5. The number of carbonyl (C=O) groups excluding carboxylic acids is 2. The van der Waals surface area contributed by atoms with Gasteiger partial charge in [-0.3, -0.25) is 9.59 Å². The number of hydrogen-bond acceptors (Lipinski definition) is 5. The van der Waals surface area contributed by atoms with Crippen LogP contribution in [0.2, 0.25) is 0 Å². The first kappa shape index (κ1) is 16.5. The highest BCUT2D eigenvalue weighted by Crippen LogP contribution is 2.29. The lowest BCUT2D eigenvalue weighted by molar-refractivity contribution is -0.132. The number of methoxy groups -OCH3 is 2. The predicted octanol–water partition coefficient (Wildman–Crippen LogP) is 1.41. The van der Waals surface area contributed by atoms with Gasteiger partial charge >= 0.3 is 0 Å². The van der Waals surface area contributed by atoms with E-state index in [1.165, 1.54) is 11.8 Å². The van der Waals surface area contributed by atoms with Crippen molar-refractivity contribution in [3.8, 4) is 11.5 Å². The molecule has 0 unspecified atom stereocenters. The maximum absolute atomic E-state index is 12.1. The maximum atomic E-state index is 12.1. The monoisotopic (exact) mass is 324 g/mol. The van der Waals surface area contributed by atoms with E-state index in [9.17, 15) is 9.59 Å². The molecule has 2 amide bonds. The molecule has 1 aromatic rings. The van der Waals surface area contributed by atoms with Crippen LogP contribution in [-0.2, 0) is 9.59 Å². The number of carbonyl (C=O) groups is 2. The quantitative estimate of drug-likeness (QED) is 0.857. The van der Waals surface area contributed by atoms with Gasteiger partial charge in [-0.1, -0.05) is 0 Å². The van der Waals surface area contributed by atoms with E-state index in [0.29, 0.717) is 23.1 Å². The van der Waals surface area contributed by atoms with Gasteiger partial charge in [0, 0.05) is 5.56 Å². The van der Waals surface area contributed by atoms with Crippen LogP contribution in [0.1, 0.15) is 18.5 Å². The van der Waals surface area contributed by atoms with Crippen LogP contribution in [0.5, 0.6) is 11.5 Å². The lowest BCUT2D eigenvalue weighted by Crippen LogP contribution is -2.39. The summed E-state index contributed by atoms with van der Waals surface area (Å²) in [5.74, 6) is 2.22. The van der Waals surface area contributed by atoms with Crippen LogP contribution < -0.4 is 14.8 Å². The Morgan fingerprint density at radius 1 is 1.41 bits per heavy atom. The fourth-order valence-corrected chi connectivity index (χ4v) is 3.16.